The van der Waals surface area contributed by atoms with E-state index < -0.39 is 0 Å². The van der Waals surface area contributed by atoms with Crippen LogP contribution >= 0.6 is 11.8 Å². The van der Waals surface area contributed by atoms with Gasteiger partial charge in [0.2, 0.25) is 5.91 Å². The Bertz CT molecular complexity index is 159. The third-order valence-electron chi connectivity index (χ3n) is 1.90. The first-order chi connectivity index (χ1) is 5.67. The van der Waals surface area contributed by atoms with Crippen molar-refractivity contribution in [2.45, 2.75) is 19.4 Å². The van der Waals surface area contributed by atoms with Crippen molar-refractivity contribution in [3.05, 3.63) is 12.7 Å². The second kappa shape index (κ2) is 6.12. The lowest BCUT2D eigenvalue weighted by Crippen LogP contribution is -2.37. The van der Waals surface area contributed by atoms with Crippen LogP contribution < -0.4 is 0 Å². The van der Waals surface area contributed by atoms with E-state index in [1.54, 1.807) is 16.7 Å². The number of carbonyl (C=O) groups excluding carboxylic acids is 1. The minimum atomic E-state index is 0.0101. The molecule has 0 bridgehead atoms. The number of amides is 1. The fourth-order valence-electron chi connectivity index (χ4n) is 1.02. The molecule has 1 atom stereocenters. The Hall–Kier alpha value is -0.440. The molecular weight excluding hydrogens is 170 g/mol. The zero-order chi connectivity index (χ0) is 9.56. The molecule has 0 aliphatic heterocycles. The van der Waals surface area contributed by atoms with E-state index in [4.69, 9.17) is 0 Å². The molecule has 1 unspecified atom stereocenters. The van der Waals surface area contributed by atoms with Crippen molar-refractivity contribution in [3.63, 3.8) is 0 Å². The highest BCUT2D eigenvalue weighted by atomic mass is 32.2. The van der Waals surface area contributed by atoms with Crippen LogP contribution in [0.1, 0.15) is 13.3 Å². The van der Waals surface area contributed by atoms with E-state index in [2.05, 4.69) is 19.8 Å². The molecule has 1 amide bonds. The van der Waals surface area contributed by atoms with Gasteiger partial charge in [-0.15, -0.1) is 0 Å². The molecule has 3 heteroatoms. The standard InChI is InChI=1S/C9H17NOS/c1-5-8(7-12-4)10(3)9(11)6-2/h6,8H,2,5,7H2,1,3-4H3. The average Bonchev–Trinajstić information content (AvgIpc) is 2.11. The van der Waals surface area contributed by atoms with Gasteiger partial charge >= 0.3 is 0 Å². The molecular formula is C9H17NOS. The number of rotatable bonds is 5. The summed E-state index contributed by atoms with van der Waals surface area (Å²) in [6, 6.07) is 0.338. The van der Waals surface area contributed by atoms with Crippen molar-refractivity contribution in [2.75, 3.05) is 19.1 Å². The van der Waals surface area contributed by atoms with E-state index in [-0.39, 0.29) is 5.91 Å². The molecule has 0 aromatic heterocycles. The first-order valence-electron chi connectivity index (χ1n) is 4.05. The molecule has 0 aliphatic carbocycles. The van der Waals surface area contributed by atoms with Crippen LogP contribution in [0.3, 0.4) is 0 Å². The second-order valence-electron chi connectivity index (χ2n) is 2.67. The van der Waals surface area contributed by atoms with Crippen LogP contribution in [0.15, 0.2) is 12.7 Å². The molecule has 0 rings (SSSR count). The summed E-state index contributed by atoms with van der Waals surface area (Å²) in [6.07, 6.45) is 4.41. The van der Waals surface area contributed by atoms with Crippen molar-refractivity contribution in [3.8, 4) is 0 Å². The second-order valence-corrected chi connectivity index (χ2v) is 3.58. The van der Waals surface area contributed by atoms with Crippen molar-refractivity contribution in [1.29, 1.82) is 0 Å². The van der Waals surface area contributed by atoms with Crippen molar-refractivity contribution in [1.82, 2.24) is 4.90 Å². The maximum atomic E-state index is 11.2. The monoisotopic (exact) mass is 187 g/mol. The van der Waals surface area contributed by atoms with Crippen LogP contribution in [-0.2, 0) is 4.79 Å². The van der Waals surface area contributed by atoms with E-state index in [0.29, 0.717) is 6.04 Å². The predicted octanol–water partition coefficient (Wildman–Crippen LogP) is 1.77. The Balaban J connectivity index is 4.09. The lowest BCUT2D eigenvalue weighted by Gasteiger charge is -2.25. The molecule has 70 valence electrons. The Morgan fingerprint density at radius 3 is 2.67 bits per heavy atom. The summed E-state index contributed by atoms with van der Waals surface area (Å²) in [5.41, 5.74) is 0. The van der Waals surface area contributed by atoms with Crippen LogP contribution in [-0.4, -0.2) is 35.9 Å². The van der Waals surface area contributed by atoms with Crippen LogP contribution in [0.5, 0.6) is 0 Å². The van der Waals surface area contributed by atoms with Crippen molar-refractivity contribution < 1.29 is 4.79 Å². The van der Waals surface area contributed by atoms with Gasteiger partial charge in [0.25, 0.3) is 0 Å². The minimum absolute atomic E-state index is 0.0101. The van der Waals surface area contributed by atoms with Gasteiger partial charge in [-0.25, -0.2) is 0 Å². The third kappa shape index (κ3) is 3.30. The number of hydrogen-bond donors (Lipinski definition) is 0. The predicted molar refractivity (Wildman–Crippen MR) is 55.4 cm³/mol. The highest BCUT2D eigenvalue weighted by molar-refractivity contribution is 7.98. The third-order valence-corrected chi connectivity index (χ3v) is 2.62. The summed E-state index contributed by atoms with van der Waals surface area (Å²) in [6.45, 7) is 5.55. The van der Waals surface area contributed by atoms with Gasteiger partial charge in [-0.3, -0.25) is 4.79 Å². The van der Waals surface area contributed by atoms with Crippen molar-refractivity contribution in [2.24, 2.45) is 0 Å². The van der Waals surface area contributed by atoms with Gasteiger partial charge in [0.15, 0.2) is 0 Å². The van der Waals surface area contributed by atoms with E-state index >= 15 is 0 Å². The molecule has 0 fully saturated rings. The van der Waals surface area contributed by atoms with E-state index in [1.807, 2.05) is 7.05 Å². The minimum Gasteiger partial charge on any atom is -0.338 e. The quantitative estimate of drug-likeness (QED) is 0.611. The maximum Gasteiger partial charge on any atom is 0.245 e. The first-order valence-corrected chi connectivity index (χ1v) is 5.44. The molecule has 0 saturated carbocycles. The summed E-state index contributed by atoms with van der Waals surface area (Å²) in [4.78, 5) is 12.9. The molecule has 2 nitrogen and oxygen atoms in total. The molecule has 0 aromatic carbocycles. The Kier molecular flexibility index (Phi) is 5.89. The maximum absolute atomic E-state index is 11.2. The number of carbonyl (C=O) groups is 1. The molecule has 0 radical (unpaired) electrons. The van der Waals surface area contributed by atoms with Gasteiger partial charge in [0.05, 0.1) is 0 Å². The fraction of sp³-hybridized carbons (Fsp3) is 0.667. The van der Waals surface area contributed by atoms with Gasteiger partial charge in [0, 0.05) is 18.8 Å². The number of hydrogen-bond acceptors (Lipinski definition) is 2. The van der Waals surface area contributed by atoms with Crippen LogP contribution in [0.25, 0.3) is 0 Å². The normalized spacial score (nSPS) is 12.2. The largest absolute Gasteiger partial charge is 0.338 e. The van der Waals surface area contributed by atoms with Gasteiger partial charge in [-0.1, -0.05) is 13.5 Å². The van der Waals surface area contributed by atoms with Gasteiger partial charge in [-0.2, -0.15) is 11.8 Å². The van der Waals surface area contributed by atoms with E-state index in [0.717, 1.165) is 12.2 Å². The Morgan fingerprint density at radius 1 is 1.75 bits per heavy atom. The summed E-state index contributed by atoms with van der Waals surface area (Å²) < 4.78 is 0. The first kappa shape index (κ1) is 11.6. The zero-order valence-electron chi connectivity index (χ0n) is 8.04. The Labute approximate surface area is 79.0 Å². The molecule has 0 heterocycles. The van der Waals surface area contributed by atoms with Crippen LogP contribution in [0.4, 0.5) is 0 Å². The summed E-state index contributed by atoms with van der Waals surface area (Å²) >= 11 is 1.76. The van der Waals surface area contributed by atoms with E-state index in [1.165, 1.54) is 6.08 Å². The lowest BCUT2D eigenvalue weighted by atomic mass is 10.2. The molecule has 0 aliphatic rings. The zero-order valence-corrected chi connectivity index (χ0v) is 8.86. The highest BCUT2D eigenvalue weighted by Crippen LogP contribution is 2.08. The van der Waals surface area contributed by atoms with Gasteiger partial charge < -0.3 is 4.90 Å². The van der Waals surface area contributed by atoms with Gasteiger partial charge in [-0.05, 0) is 18.8 Å². The SMILES string of the molecule is C=CC(=O)N(C)C(CC)CSC. The smallest absolute Gasteiger partial charge is 0.245 e. The summed E-state index contributed by atoms with van der Waals surface area (Å²) in [5, 5.41) is 0. The molecule has 12 heavy (non-hydrogen) atoms. The number of likely N-dealkylation sites (N-methyl/N-ethyl adjacent to an activating group) is 1. The molecule has 0 saturated heterocycles. The molecule has 0 spiro atoms. The lowest BCUT2D eigenvalue weighted by molar-refractivity contribution is -0.126. The van der Waals surface area contributed by atoms with Crippen LogP contribution in [0, 0.1) is 0 Å². The topological polar surface area (TPSA) is 20.3 Å². The fourth-order valence-corrected chi connectivity index (χ4v) is 1.86. The van der Waals surface area contributed by atoms with Crippen molar-refractivity contribution >= 4 is 17.7 Å². The number of thioether (sulfide) groups is 1. The number of nitrogens with zero attached hydrogens (tertiary/aromatic N) is 1. The molecule has 0 aromatic rings. The highest BCUT2D eigenvalue weighted by Gasteiger charge is 2.14. The molecule has 0 N–H and O–H groups in total. The van der Waals surface area contributed by atoms with Gasteiger partial charge in [0.1, 0.15) is 0 Å². The summed E-state index contributed by atoms with van der Waals surface area (Å²) in [5.74, 6) is 1.00. The Morgan fingerprint density at radius 2 is 2.33 bits per heavy atom. The average molecular weight is 187 g/mol. The van der Waals surface area contributed by atoms with Crippen LogP contribution in [0.2, 0.25) is 0 Å². The van der Waals surface area contributed by atoms with E-state index in [9.17, 15) is 4.79 Å². The summed E-state index contributed by atoms with van der Waals surface area (Å²) in [7, 11) is 1.83.